The molecular weight excluding hydrogens is 184 g/mol. The van der Waals surface area contributed by atoms with E-state index in [1.807, 2.05) is 19.1 Å². The predicted molar refractivity (Wildman–Crippen MR) is 54.8 cm³/mol. The van der Waals surface area contributed by atoms with Crippen LogP contribution in [0.15, 0.2) is 18.2 Å². The molecule has 1 N–H and O–H groups in total. The smallest absolute Gasteiger partial charge is 0.174 e. The largest absolute Gasteiger partial charge is 0.507 e. The van der Waals surface area contributed by atoms with Crippen molar-refractivity contribution in [3.8, 4) is 10.8 Å². The van der Waals surface area contributed by atoms with Gasteiger partial charge < -0.3 is 9.84 Å². The highest BCUT2D eigenvalue weighted by molar-refractivity contribution is 7.21. The molecule has 1 aromatic heterocycles. The standard InChI is InChI=1S/C10H10O2S/c1-6-3-4-8(11)7-5-9(12-2)13-10(6)7/h3-5,11H,1-2H3. The SMILES string of the molecule is COc1cc2c(O)ccc(C)c2s1. The Kier molecular flexibility index (Phi) is 1.88. The molecule has 2 aromatic rings. The van der Waals surface area contributed by atoms with Gasteiger partial charge in [-0.2, -0.15) is 0 Å². The molecule has 0 aliphatic carbocycles. The quantitative estimate of drug-likeness (QED) is 0.756. The topological polar surface area (TPSA) is 29.5 Å². The average Bonchev–Trinajstić information content (AvgIpc) is 2.56. The van der Waals surface area contributed by atoms with Crippen LogP contribution in [-0.2, 0) is 0 Å². The molecule has 1 aromatic carbocycles. The number of aromatic hydroxyl groups is 1. The maximum absolute atomic E-state index is 9.56. The van der Waals surface area contributed by atoms with Gasteiger partial charge in [0, 0.05) is 16.2 Å². The maximum atomic E-state index is 9.56. The van der Waals surface area contributed by atoms with Crippen LogP contribution >= 0.6 is 11.3 Å². The lowest BCUT2D eigenvalue weighted by Crippen LogP contribution is -1.73. The van der Waals surface area contributed by atoms with E-state index < -0.39 is 0 Å². The Labute approximate surface area is 80.4 Å². The molecule has 3 heteroatoms. The Bertz CT molecular complexity index is 406. The van der Waals surface area contributed by atoms with E-state index in [1.54, 1.807) is 24.5 Å². The van der Waals surface area contributed by atoms with Crippen LogP contribution in [0.3, 0.4) is 0 Å². The van der Waals surface area contributed by atoms with Crippen molar-refractivity contribution in [1.29, 1.82) is 0 Å². The number of phenolic OH excluding ortho intramolecular Hbond substituents is 1. The van der Waals surface area contributed by atoms with Crippen molar-refractivity contribution in [2.24, 2.45) is 0 Å². The molecule has 0 fully saturated rings. The molecule has 0 saturated carbocycles. The van der Waals surface area contributed by atoms with Crippen LogP contribution in [-0.4, -0.2) is 12.2 Å². The van der Waals surface area contributed by atoms with Gasteiger partial charge in [-0.25, -0.2) is 0 Å². The molecule has 0 bridgehead atoms. The van der Waals surface area contributed by atoms with E-state index in [1.165, 1.54) is 5.56 Å². The van der Waals surface area contributed by atoms with E-state index in [9.17, 15) is 5.11 Å². The monoisotopic (exact) mass is 194 g/mol. The third-order valence-corrected chi connectivity index (χ3v) is 3.27. The van der Waals surface area contributed by atoms with E-state index in [-0.39, 0.29) is 0 Å². The van der Waals surface area contributed by atoms with Gasteiger partial charge in [0.1, 0.15) is 5.75 Å². The normalized spacial score (nSPS) is 10.6. The van der Waals surface area contributed by atoms with Gasteiger partial charge in [0.05, 0.1) is 7.11 Å². The average molecular weight is 194 g/mol. The van der Waals surface area contributed by atoms with Crippen molar-refractivity contribution in [2.45, 2.75) is 6.92 Å². The Morgan fingerprint density at radius 3 is 2.77 bits per heavy atom. The number of hydrogen-bond acceptors (Lipinski definition) is 3. The fourth-order valence-electron chi connectivity index (χ4n) is 1.32. The third-order valence-electron chi connectivity index (χ3n) is 2.04. The van der Waals surface area contributed by atoms with Gasteiger partial charge in [0.2, 0.25) is 0 Å². The molecule has 13 heavy (non-hydrogen) atoms. The summed E-state index contributed by atoms with van der Waals surface area (Å²) in [4.78, 5) is 0. The zero-order valence-corrected chi connectivity index (χ0v) is 8.31. The minimum Gasteiger partial charge on any atom is -0.507 e. The molecule has 0 unspecified atom stereocenters. The second-order valence-corrected chi connectivity index (χ2v) is 3.93. The van der Waals surface area contributed by atoms with Gasteiger partial charge in [-0.05, 0) is 18.6 Å². The van der Waals surface area contributed by atoms with E-state index in [0.29, 0.717) is 5.75 Å². The first kappa shape index (κ1) is 8.38. The lowest BCUT2D eigenvalue weighted by molar-refractivity contribution is 0.427. The van der Waals surface area contributed by atoms with Gasteiger partial charge >= 0.3 is 0 Å². The third kappa shape index (κ3) is 1.25. The van der Waals surface area contributed by atoms with Gasteiger partial charge in [-0.3, -0.25) is 0 Å². The van der Waals surface area contributed by atoms with Crippen LogP contribution in [0.1, 0.15) is 5.56 Å². The second kappa shape index (κ2) is 2.92. The summed E-state index contributed by atoms with van der Waals surface area (Å²) in [6.07, 6.45) is 0. The van der Waals surface area contributed by atoms with Gasteiger partial charge in [0.15, 0.2) is 5.06 Å². The van der Waals surface area contributed by atoms with Crippen LogP contribution in [0.4, 0.5) is 0 Å². The molecule has 0 spiro atoms. The number of rotatable bonds is 1. The van der Waals surface area contributed by atoms with Crippen molar-refractivity contribution >= 4 is 21.4 Å². The molecule has 0 radical (unpaired) electrons. The number of aryl methyl sites for hydroxylation is 1. The molecule has 0 saturated heterocycles. The van der Waals surface area contributed by atoms with Gasteiger partial charge in [-0.15, -0.1) is 0 Å². The fraction of sp³-hybridized carbons (Fsp3) is 0.200. The van der Waals surface area contributed by atoms with Crippen molar-refractivity contribution in [1.82, 2.24) is 0 Å². The number of ether oxygens (including phenoxy) is 1. The number of thiophene rings is 1. The van der Waals surface area contributed by atoms with Crippen LogP contribution in [0, 0.1) is 6.92 Å². The maximum Gasteiger partial charge on any atom is 0.174 e. The number of phenols is 1. The highest BCUT2D eigenvalue weighted by atomic mass is 32.1. The summed E-state index contributed by atoms with van der Waals surface area (Å²) < 4.78 is 6.21. The molecule has 0 atom stereocenters. The molecule has 0 aliphatic rings. The van der Waals surface area contributed by atoms with Crippen LogP contribution < -0.4 is 4.74 Å². The lowest BCUT2D eigenvalue weighted by atomic mass is 10.2. The Balaban J connectivity index is 2.80. The first-order valence-electron chi connectivity index (χ1n) is 3.98. The fourth-order valence-corrected chi connectivity index (χ4v) is 2.29. The highest BCUT2D eigenvalue weighted by Crippen LogP contribution is 2.38. The summed E-state index contributed by atoms with van der Waals surface area (Å²) >= 11 is 1.56. The van der Waals surface area contributed by atoms with Gasteiger partial charge in [0.25, 0.3) is 0 Å². The minimum atomic E-state index is 0.320. The summed E-state index contributed by atoms with van der Waals surface area (Å²) in [6, 6.07) is 5.49. The zero-order chi connectivity index (χ0) is 9.42. The van der Waals surface area contributed by atoms with E-state index in [4.69, 9.17) is 4.74 Å². The second-order valence-electron chi connectivity index (χ2n) is 2.91. The van der Waals surface area contributed by atoms with Crippen molar-refractivity contribution in [2.75, 3.05) is 7.11 Å². The molecule has 0 aliphatic heterocycles. The lowest BCUT2D eigenvalue weighted by Gasteiger charge is -1.96. The Morgan fingerprint density at radius 2 is 2.15 bits per heavy atom. The van der Waals surface area contributed by atoms with Crippen LogP contribution in [0.25, 0.3) is 10.1 Å². The minimum absolute atomic E-state index is 0.320. The molecule has 68 valence electrons. The molecule has 2 rings (SSSR count). The summed E-state index contributed by atoms with van der Waals surface area (Å²) in [6.45, 7) is 2.03. The van der Waals surface area contributed by atoms with Crippen LogP contribution in [0.2, 0.25) is 0 Å². The summed E-state index contributed by atoms with van der Waals surface area (Å²) in [5, 5.41) is 11.3. The van der Waals surface area contributed by atoms with Crippen molar-refractivity contribution in [3.63, 3.8) is 0 Å². The van der Waals surface area contributed by atoms with Crippen molar-refractivity contribution in [3.05, 3.63) is 23.8 Å². The first-order valence-corrected chi connectivity index (χ1v) is 4.80. The Hall–Kier alpha value is -1.22. The molecule has 2 nitrogen and oxygen atoms in total. The van der Waals surface area contributed by atoms with E-state index >= 15 is 0 Å². The number of fused-ring (bicyclic) bond motifs is 1. The molecule has 1 heterocycles. The van der Waals surface area contributed by atoms with E-state index in [0.717, 1.165) is 15.1 Å². The first-order chi connectivity index (χ1) is 6.22. The number of benzene rings is 1. The summed E-state index contributed by atoms with van der Waals surface area (Å²) in [5.74, 6) is 0.320. The van der Waals surface area contributed by atoms with E-state index in [2.05, 4.69) is 0 Å². The number of hydrogen-bond donors (Lipinski definition) is 1. The molecular formula is C10H10O2S. The summed E-state index contributed by atoms with van der Waals surface area (Å²) in [7, 11) is 1.64. The highest BCUT2D eigenvalue weighted by Gasteiger charge is 2.07. The van der Waals surface area contributed by atoms with Crippen molar-refractivity contribution < 1.29 is 9.84 Å². The van der Waals surface area contributed by atoms with Crippen LogP contribution in [0.5, 0.6) is 10.8 Å². The summed E-state index contributed by atoms with van der Waals surface area (Å²) in [5.41, 5.74) is 1.17. The Morgan fingerprint density at radius 1 is 1.38 bits per heavy atom. The predicted octanol–water partition coefficient (Wildman–Crippen LogP) is 2.92. The zero-order valence-electron chi connectivity index (χ0n) is 7.50. The van der Waals surface area contributed by atoms with Gasteiger partial charge in [-0.1, -0.05) is 17.4 Å². The molecule has 0 amide bonds. The number of methoxy groups -OCH3 is 1.